The van der Waals surface area contributed by atoms with E-state index in [4.69, 9.17) is 0 Å². The fourth-order valence-corrected chi connectivity index (χ4v) is 5.33. The molecule has 1 aromatic carbocycles. The lowest BCUT2D eigenvalue weighted by Crippen LogP contribution is -2.82. The third kappa shape index (κ3) is 2.65. The van der Waals surface area contributed by atoms with Crippen LogP contribution in [0.3, 0.4) is 0 Å². The highest BCUT2D eigenvalue weighted by molar-refractivity contribution is 8.01. The third-order valence-corrected chi connectivity index (χ3v) is 6.62. The Morgan fingerprint density at radius 2 is 1.82 bits per heavy atom. The number of ketones is 1. The summed E-state index contributed by atoms with van der Waals surface area (Å²) in [6.07, 6.45) is 0. The molecule has 11 heteroatoms. The highest BCUT2D eigenvalue weighted by Gasteiger charge is 2.74. The van der Waals surface area contributed by atoms with E-state index in [1.165, 1.54) is 12.1 Å². The summed E-state index contributed by atoms with van der Waals surface area (Å²) in [5, 5.41) is 21.8. The molecular formula is C17H17N3O7S. The second kappa shape index (κ2) is 6.30. The van der Waals surface area contributed by atoms with Crippen LogP contribution in [0, 0.1) is 10.1 Å². The maximum Gasteiger partial charge on any atom is 0.327 e. The van der Waals surface area contributed by atoms with Crippen LogP contribution in [0.2, 0.25) is 0 Å². The Bertz CT molecular complexity index is 914. The van der Waals surface area contributed by atoms with Crippen LogP contribution in [0.25, 0.3) is 0 Å². The summed E-state index contributed by atoms with van der Waals surface area (Å²) in [4.78, 5) is 60.7. The van der Waals surface area contributed by atoms with Crippen molar-refractivity contribution in [1.82, 2.24) is 10.2 Å². The highest BCUT2D eigenvalue weighted by Crippen LogP contribution is 2.55. The Hall–Kier alpha value is -2.95. The summed E-state index contributed by atoms with van der Waals surface area (Å²) in [7, 11) is 0. The summed E-state index contributed by atoms with van der Waals surface area (Å²) in [6.45, 7) is 4.48. The van der Waals surface area contributed by atoms with Gasteiger partial charge in [0.2, 0.25) is 5.54 Å². The number of carboxylic acid groups (broad SMARTS) is 1. The average molecular weight is 407 g/mol. The topological polar surface area (TPSA) is 147 Å². The Morgan fingerprint density at radius 1 is 1.25 bits per heavy atom. The molecule has 2 aliphatic rings. The van der Waals surface area contributed by atoms with E-state index >= 15 is 0 Å². The zero-order chi connectivity index (χ0) is 21.0. The van der Waals surface area contributed by atoms with Gasteiger partial charge in [-0.15, -0.1) is 11.8 Å². The molecule has 0 saturated carbocycles. The van der Waals surface area contributed by atoms with Gasteiger partial charge >= 0.3 is 5.97 Å². The van der Waals surface area contributed by atoms with Crippen molar-refractivity contribution in [2.75, 3.05) is 0 Å². The Kier molecular flexibility index (Phi) is 4.45. The molecule has 1 aromatic rings. The number of carbonyl (C=O) groups excluding carboxylic acids is 3. The van der Waals surface area contributed by atoms with Crippen molar-refractivity contribution in [3.05, 3.63) is 39.9 Å². The van der Waals surface area contributed by atoms with Crippen molar-refractivity contribution in [3.8, 4) is 0 Å². The summed E-state index contributed by atoms with van der Waals surface area (Å²) >= 11 is 1.14. The van der Waals surface area contributed by atoms with Crippen molar-refractivity contribution in [2.24, 2.45) is 0 Å². The third-order valence-electron chi connectivity index (χ3n) is 4.99. The second-order valence-corrected chi connectivity index (χ2v) is 8.88. The average Bonchev–Trinajstić information content (AvgIpc) is 2.87. The van der Waals surface area contributed by atoms with Crippen LogP contribution in [0.4, 0.5) is 5.69 Å². The van der Waals surface area contributed by atoms with Crippen molar-refractivity contribution in [1.29, 1.82) is 0 Å². The van der Waals surface area contributed by atoms with E-state index in [1.54, 1.807) is 13.8 Å². The van der Waals surface area contributed by atoms with Crippen molar-refractivity contribution in [2.45, 2.75) is 42.5 Å². The SMILES string of the molecule is CC(=O)[C@]1(NC(=O)c2ccc([N+](=O)[O-])cc2)C(=O)N2[C@@H](C(=O)O)C(C)(C)S[C@@H]21. The molecular weight excluding hydrogens is 390 g/mol. The smallest absolute Gasteiger partial charge is 0.327 e. The van der Waals surface area contributed by atoms with Gasteiger partial charge in [-0.1, -0.05) is 0 Å². The van der Waals surface area contributed by atoms with Gasteiger partial charge in [-0.05, 0) is 32.9 Å². The molecule has 2 N–H and O–H groups in total. The molecule has 3 rings (SSSR count). The van der Waals surface area contributed by atoms with Crippen LogP contribution in [0.15, 0.2) is 24.3 Å². The van der Waals surface area contributed by atoms with E-state index < -0.39 is 50.2 Å². The van der Waals surface area contributed by atoms with Crippen LogP contribution in [0.1, 0.15) is 31.1 Å². The van der Waals surface area contributed by atoms with E-state index in [1.807, 2.05) is 0 Å². The fourth-order valence-electron chi connectivity index (χ4n) is 3.57. The van der Waals surface area contributed by atoms with Gasteiger partial charge in [0.1, 0.15) is 11.4 Å². The van der Waals surface area contributed by atoms with Crippen LogP contribution < -0.4 is 5.32 Å². The minimum atomic E-state index is -1.87. The maximum absolute atomic E-state index is 12.8. The van der Waals surface area contributed by atoms with Crippen LogP contribution >= 0.6 is 11.8 Å². The van der Waals surface area contributed by atoms with Gasteiger partial charge in [-0.25, -0.2) is 4.79 Å². The molecule has 2 aliphatic heterocycles. The van der Waals surface area contributed by atoms with Gasteiger partial charge in [0, 0.05) is 22.4 Å². The predicted molar refractivity (Wildman–Crippen MR) is 97.7 cm³/mol. The van der Waals surface area contributed by atoms with E-state index in [-0.39, 0.29) is 11.3 Å². The molecule has 2 saturated heterocycles. The first-order chi connectivity index (χ1) is 12.9. The summed E-state index contributed by atoms with van der Waals surface area (Å²) in [5.74, 6) is -3.32. The molecule has 2 amide bonds. The zero-order valence-corrected chi connectivity index (χ0v) is 16.0. The minimum absolute atomic E-state index is 0.0366. The number of non-ortho nitro benzene ring substituents is 1. The van der Waals surface area contributed by atoms with Crippen molar-refractivity contribution in [3.63, 3.8) is 0 Å². The molecule has 0 radical (unpaired) electrons. The summed E-state index contributed by atoms with van der Waals surface area (Å²) < 4.78 is -0.860. The molecule has 2 fully saturated rings. The number of hydrogen-bond acceptors (Lipinski definition) is 7. The Labute approximate surface area is 163 Å². The second-order valence-electron chi connectivity index (χ2n) is 7.15. The van der Waals surface area contributed by atoms with Gasteiger partial charge < -0.3 is 15.3 Å². The molecule has 28 heavy (non-hydrogen) atoms. The molecule has 0 aliphatic carbocycles. The first-order valence-electron chi connectivity index (χ1n) is 8.25. The number of aliphatic carboxylic acids is 1. The predicted octanol–water partition coefficient (Wildman–Crippen LogP) is 0.799. The minimum Gasteiger partial charge on any atom is -0.480 e. The molecule has 0 spiro atoms. The van der Waals surface area contributed by atoms with Gasteiger partial charge in [-0.2, -0.15) is 0 Å². The number of carboxylic acids is 1. The van der Waals surface area contributed by atoms with Crippen LogP contribution in [0.5, 0.6) is 0 Å². The number of carbonyl (C=O) groups is 4. The molecule has 3 atom stereocenters. The standard InChI is InChI=1S/C17H17N3O7S/c1-8(21)17(18-12(22)9-4-6-10(7-5-9)20(26)27)14(25)19-11(13(23)24)16(2,3)28-15(17)19/h4-7,11,15H,1-3H3,(H,18,22)(H,23,24)/t11-,15+,17-/m0/s1. The van der Waals surface area contributed by atoms with Gasteiger partial charge in [0.15, 0.2) is 5.78 Å². The number of nitro groups is 1. The van der Waals surface area contributed by atoms with Gasteiger partial charge in [0.25, 0.3) is 17.5 Å². The number of nitrogens with one attached hydrogen (secondary N) is 1. The molecule has 2 heterocycles. The number of Topliss-reactive ketones (excluding diaryl/α,β-unsaturated/α-hetero) is 1. The van der Waals surface area contributed by atoms with Gasteiger partial charge in [0.05, 0.1) is 4.92 Å². The highest BCUT2D eigenvalue weighted by atomic mass is 32.2. The summed E-state index contributed by atoms with van der Waals surface area (Å²) in [5.41, 5.74) is -2.04. The molecule has 0 aromatic heterocycles. The number of benzene rings is 1. The number of rotatable bonds is 5. The lowest BCUT2D eigenvalue weighted by Gasteiger charge is -2.51. The largest absolute Gasteiger partial charge is 0.480 e. The van der Waals surface area contributed by atoms with Crippen molar-refractivity contribution < 1.29 is 29.2 Å². The molecule has 10 nitrogen and oxygen atoms in total. The lowest BCUT2D eigenvalue weighted by molar-refractivity contribution is -0.384. The van der Waals surface area contributed by atoms with E-state index in [9.17, 15) is 34.4 Å². The number of nitro benzene ring substituents is 1. The Balaban J connectivity index is 1.91. The number of fused-ring (bicyclic) bond motifs is 1. The molecule has 0 unspecified atom stereocenters. The maximum atomic E-state index is 12.8. The molecule has 0 bridgehead atoms. The van der Waals surface area contributed by atoms with E-state index in [0.717, 1.165) is 35.7 Å². The normalized spacial score (nSPS) is 27.5. The number of thioether (sulfide) groups is 1. The summed E-state index contributed by atoms with van der Waals surface area (Å²) in [6, 6.07) is 3.58. The quantitative estimate of drug-likeness (QED) is 0.315. The van der Waals surface area contributed by atoms with Crippen LogP contribution in [-0.4, -0.2) is 60.2 Å². The first-order valence-corrected chi connectivity index (χ1v) is 9.13. The number of nitrogens with zero attached hydrogens (tertiary/aromatic N) is 2. The Morgan fingerprint density at radius 3 is 2.29 bits per heavy atom. The van der Waals surface area contributed by atoms with Gasteiger partial charge in [-0.3, -0.25) is 24.5 Å². The number of hydrogen-bond donors (Lipinski definition) is 2. The zero-order valence-electron chi connectivity index (χ0n) is 15.2. The van der Waals surface area contributed by atoms with E-state index in [2.05, 4.69) is 5.32 Å². The van der Waals surface area contributed by atoms with E-state index in [0.29, 0.717) is 0 Å². The first kappa shape index (κ1) is 19.8. The number of amides is 2. The monoisotopic (exact) mass is 407 g/mol. The number of β-lactam (4-membered cyclic amide) rings is 1. The lowest BCUT2D eigenvalue weighted by atomic mass is 9.81. The van der Waals surface area contributed by atoms with Crippen LogP contribution in [-0.2, 0) is 14.4 Å². The van der Waals surface area contributed by atoms with Crippen molar-refractivity contribution >= 4 is 41.0 Å². The fraction of sp³-hybridized carbons (Fsp3) is 0.412. The molecule has 148 valence electrons.